The Morgan fingerprint density at radius 2 is 1.70 bits per heavy atom. The molecule has 2 aromatic carbocycles. The maximum atomic E-state index is 12.5. The van der Waals surface area contributed by atoms with Gasteiger partial charge in [0, 0.05) is 11.3 Å². The molecule has 2 heteroatoms. The van der Waals surface area contributed by atoms with E-state index in [1.165, 1.54) is 0 Å². The molecule has 0 aliphatic rings. The highest BCUT2D eigenvalue weighted by Crippen LogP contribution is 2.24. The van der Waals surface area contributed by atoms with E-state index in [4.69, 9.17) is 0 Å². The van der Waals surface area contributed by atoms with Gasteiger partial charge in [0.05, 0.1) is 0 Å². The van der Waals surface area contributed by atoms with Crippen LogP contribution in [0.4, 0.5) is 5.69 Å². The van der Waals surface area contributed by atoms with Crippen LogP contribution in [0.1, 0.15) is 46.8 Å². The van der Waals surface area contributed by atoms with Gasteiger partial charge < -0.3 is 5.32 Å². The summed E-state index contributed by atoms with van der Waals surface area (Å²) in [5.74, 6) is 0.337. The summed E-state index contributed by atoms with van der Waals surface area (Å²) in [4.78, 5) is 12.5. The van der Waals surface area contributed by atoms with Crippen LogP contribution >= 0.6 is 0 Å². The molecule has 1 N–H and O–H groups in total. The number of aryl methyl sites for hydroxylation is 1. The molecule has 0 spiro atoms. The molecule has 0 fully saturated rings. The molecule has 2 rings (SSSR count). The maximum Gasteiger partial charge on any atom is 0.255 e. The summed E-state index contributed by atoms with van der Waals surface area (Å²) in [6.07, 6.45) is 0. The minimum absolute atomic E-state index is 0.0423. The zero-order valence-electron chi connectivity index (χ0n) is 12.5. The first-order chi connectivity index (χ1) is 9.50. The van der Waals surface area contributed by atoms with Crippen LogP contribution in [-0.4, -0.2) is 5.91 Å². The second-order valence-corrected chi connectivity index (χ2v) is 5.44. The summed E-state index contributed by atoms with van der Waals surface area (Å²) in [6, 6.07) is 13.8. The van der Waals surface area contributed by atoms with Gasteiger partial charge in [0.25, 0.3) is 5.91 Å². The lowest BCUT2D eigenvalue weighted by molar-refractivity contribution is 0.102. The molecule has 0 radical (unpaired) electrons. The standard InChI is InChI=1S/C18H21NO/c1-12(2)15-9-5-6-11-17(15)19-18(20)16-10-7-8-13(3)14(16)4/h5-12H,1-4H3,(H,19,20). The van der Waals surface area contributed by atoms with Gasteiger partial charge in [0.2, 0.25) is 0 Å². The Labute approximate surface area is 120 Å². The highest BCUT2D eigenvalue weighted by atomic mass is 16.1. The Kier molecular flexibility index (Phi) is 4.23. The first-order valence-corrected chi connectivity index (χ1v) is 6.97. The van der Waals surface area contributed by atoms with Crippen molar-refractivity contribution in [3.63, 3.8) is 0 Å². The molecule has 0 unspecified atom stereocenters. The summed E-state index contributed by atoms with van der Waals surface area (Å²) in [7, 11) is 0. The topological polar surface area (TPSA) is 29.1 Å². The predicted octanol–water partition coefficient (Wildman–Crippen LogP) is 4.68. The highest BCUT2D eigenvalue weighted by Gasteiger charge is 2.13. The molecule has 2 aromatic rings. The number of benzene rings is 2. The van der Waals surface area contributed by atoms with Gasteiger partial charge >= 0.3 is 0 Å². The Bertz CT molecular complexity index is 629. The van der Waals surface area contributed by atoms with Crippen LogP contribution in [0.15, 0.2) is 42.5 Å². The van der Waals surface area contributed by atoms with Crippen molar-refractivity contribution >= 4 is 11.6 Å². The molecule has 0 heterocycles. The molecule has 0 saturated heterocycles. The van der Waals surface area contributed by atoms with E-state index in [9.17, 15) is 4.79 Å². The van der Waals surface area contributed by atoms with Gasteiger partial charge in [0.15, 0.2) is 0 Å². The van der Waals surface area contributed by atoms with Crippen LogP contribution in [0.25, 0.3) is 0 Å². The number of nitrogens with one attached hydrogen (secondary N) is 1. The van der Waals surface area contributed by atoms with E-state index in [1.54, 1.807) is 0 Å². The predicted molar refractivity (Wildman–Crippen MR) is 84.4 cm³/mol. The first kappa shape index (κ1) is 14.3. The van der Waals surface area contributed by atoms with Crippen molar-refractivity contribution in [3.05, 3.63) is 64.7 Å². The van der Waals surface area contributed by atoms with Gasteiger partial charge in [-0.1, -0.05) is 44.2 Å². The van der Waals surface area contributed by atoms with Crippen molar-refractivity contribution in [2.45, 2.75) is 33.6 Å². The Morgan fingerprint density at radius 1 is 1.00 bits per heavy atom. The number of carbonyl (C=O) groups excluding carboxylic acids is 1. The zero-order valence-corrected chi connectivity index (χ0v) is 12.5. The molecule has 1 amide bonds. The van der Waals surface area contributed by atoms with Crippen molar-refractivity contribution in [2.75, 3.05) is 5.32 Å². The van der Waals surface area contributed by atoms with Crippen LogP contribution in [0.3, 0.4) is 0 Å². The number of anilines is 1. The lowest BCUT2D eigenvalue weighted by Gasteiger charge is -2.15. The maximum absolute atomic E-state index is 12.5. The van der Waals surface area contributed by atoms with Crippen LogP contribution in [0.5, 0.6) is 0 Å². The Balaban J connectivity index is 2.31. The normalized spacial score (nSPS) is 10.7. The smallest absolute Gasteiger partial charge is 0.255 e. The monoisotopic (exact) mass is 267 g/mol. The molecule has 0 aliphatic carbocycles. The molecule has 2 nitrogen and oxygen atoms in total. The van der Waals surface area contributed by atoms with Crippen LogP contribution in [-0.2, 0) is 0 Å². The fourth-order valence-electron chi connectivity index (χ4n) is 2.30. The van der Waals surface area contributed by atoms with E-state index >= 15 is 0 Å². The van der Waals surface area contributed by atoms with Crippen LogP contribution in [0.2, 0.25) is 0 Å². The van der Waals surface area contributed by atoms with Gasteiger partial charge in [-0.3, -0.25) is 4.79 Å². The van der Waals surface area contributed by atoms with Crippen molar-refractivity contribution < 1.29 is 4.79 Å². The van der Waals surface area contributed by atoms with Crippen molar-refractivity contribution in [2.24, 2.45) is 0 Å². The molecule has 20 heavy (non-hydrogen) atoms. The average molecular weight is 267 g/mol. The number of hydrogen-bond donors (Lipinski definition) is 1. The number of para-hydroxylation sites is 1. The molecular weight excluding hydrogens is 246 g/mol. The Hall–Kier alpha value is -2.09. The van der Waals surface area contributed by atoms with Crippen LogP contribution in [0, 0.1) is 13.8 Å². The minimum atomic E-state index is -0.0423. The molecule has 0 bridgehead atoms. The van der Waals surface area contributed by atoms with Gasteiger partial charge in [-0.25, -0.2) is 0 Å². The van der Waals surface area contributed by atoms with Crippen molar-refractivity contribution in [1.29, 1.82) is 0 Å². The SMILES string of the molecule is Cc1cccc(C(=O)Nc2ccccc2C(C)C)c1C. The number of rotatable bonds is 3. The fraction of sp³-hybridized carbons (Fsp3) is 0.278. The van der Waals surface area contributed by atoms with E-state index in [2.05, 4.69) is 25.2 Å². The number of amides is 1. The van der Waals surface area contributed by atoms with E-state index in [-0.39, 0.29) is 5.91 Å². The van der Waals surface area contributed by atoms with Gasteiger partial charge in [0.1, 0.15) is 0 Å². The summed E-state index contributed by atoms with van der Waals surface area (Å²) in [6.45, 7) is 8.26. The highest BCUT2D eigenvalue weighted by molar-refractivity contribution is 6.05. The van der Waals surface area contributed by atoms with Gasteiger partial charge in [-0.05, 0) is 48.6 Å². The lowest BCUT2D eigenvalue weighted by Crippen LogP contribution is -2.15. The van der Waals surface area contributed by atoms with E-state index in [0.717, 1.165) is 27.9 Å². The summed E-state index contributed by atoms with van der Waals surface area (Å²) in [5.41, 5.74) is 4.96. The molecule has 0 atom stereocenters. The summed E-state index contributed by atoms with van der Waals surface area (Å²) < 4.78 is 0. The Morgan fingerprint density at radius 3 is 2.40 bits per heavy atom. The lowest BCUT2D eigenvalue weighted by atomic mass is 10.00. The second kappa shape index (κ2) is 5.91. The molecule has 104 valence electrons. The third-order valence-electron chi connectivity index (χ3n) is 3.68. The van der Waals surface area contributed by atoms with Gasteiger partial charge in [-0.15, -0.1) is 0 Å². The van der Waals surface area contributed by atoms with E-state index < -0.39 is 0 Å². The second-order valence-electron chi connectivity index (χ2n) is 5.44. The van der Waals surface area contributed by atoms with E-state index in [0.29, 0.717) is 5.92 Å². The summed E-state index contributed by atoms with van der Waals surface area (Å²) >= 11 is 0. The third kappa shape index (κ3) is 2.90. The minimum Gasteiger partial charge on any atom is -0.322 e. The quantitative estimate of drug-likeness (QED) is 0.859. The fourth-order valence-corrected chi connectivity index (χ4v) is 2.30. The number of hydrogen-bond acceptors (Lipinski definition) is 1. The molecule has 0 saturated carbocycles. The summed E-state index contributed by atoms with van der Waals surface area (Å²) in [5, 5.41) is 3.04. The van der Waals surface area contributed by atoms with Crippen molar-refractivity contribution in [1.82, 2.24) is 0 Å². The van der Waals surface area contributed by atoms with E-state index in [1.807, 2.05) is 50.2 Å². The molecule has 0 aromatic heterocycles. The largest absolute Gasteiger partial charge is 0.322 e. The van der Waals surface area contributed by atoms with Gasteiger partial charge in [-0.2, -0.15) is 0 Å². The van der Waals surface area contributed by atoms with Crippen LogP contribution < -0.4 is 5.32 Å². The third-order valence-corrected chi connectivity index (χ3v) is 3.68. The zero-order chi connectivity index (χ0) is 14.7. The van der Waals surface area contributed by atoms with Crippen molar-refractivity contribution in [3.8, 4) is 0 Å². The first-order valence-electron chi connectivity index (χ1n) is 6.97. The average Bonchev–Trinajstić information content (AvgIpc) is 2.42. The molecular formula is C18H21NO. The number of carbonyl (C=O) groups is 1. The molecule has 0 aliphatic heterocycles.